The molecule has 0 spiro atoms. The largest absolute Gasteiger partial charge is 0.370 e. The first kappa shape index (κ1) is 15.0. The number of Topliss-reactive ketones (excluding diaryl/α,β-unsaturated/α-hetero) is 1. The molecule has 0 amide bonds. The topological polar surface area (TPSA) is 26.3 Å². The third-order valence-electron chi connectivity index (χ3n) is 5.65. The first-order valence-corrected chi connectivity index (χ1v) is 8.20. The molecule has 19 heavy (non-hydrogen) atoms. The Labute approximate surface area is 118 Å². The second kappa shape index (κ2) is 6.39. The fourth-order valence-electron chi connectivity index (χ4n) is 4.05. The minimum atomic E-state index is -0.438. The lowest BCUT2D eigenvalue weighted by molar-refractivity contribution is -0.152. The summed E-state index contributed by atoms with van der Waals surface area (Å²) in [7, 11) is 1.74. The Bertz CT molecular complexity index is 302. The van der Waals surface area contributed by atoms with Crippen LogP contribution >= 0.6 is 0 Å². The molecule has 2 fully saturated rings. The molecule has 2 saturated carbocycles. The highest BCUT2D eigenvalue weighted by atomic mass is 16.5. The van der Waals surface area contributed by atoms with E-state index in [9.17, 15) is 4.79 Å². The molecule has 0 aliphatic heterocycles. The van der Waals surface area contributed by atoms with Gasteiger partial charge in [-0.25, -0.2) is 0 Å². The predicted octanol–water partition coefficient (Wildman–Crippen LogP) is 4.37. The van der Waals surface area contributed by atoms with Crippen LogP contribution < -0.4 is 0 Å². The van der Waals surface area contributed by atoms with Gasteiger partial charge in [0.15, 0.2) is 5.78 Å². The van der Waals surface area contributed by atoms with Gasteiger partial charge >= 0.3 is 0 Å². The van der Waals surface area contributed by atoms with Crippen molar-refractivity contribution in [2.45, 2.75) is 77.2 Å². The highest BCUT2D eigenvalue weighted by Gasteiger charge is 2.44. The van der Waals surface area contributed by atoms with E-state index in [0.717, 1.165) is 50.4 Å². The van der Waals surface area contributed by atoms with E-state index in [0.29, 0.717) is 5.78 Å². The van der Waals surface area contributed by atoms with Crippen LogP contribution in [-0.4, -0.2) is 18.5 Å². The molecule has 0 radical (unpaired) electrons. The Morgan fingerprint density at radius 2 is 1.89 bits per heavy atom. The number of rotatable bonds is 4. The van der Waals surface area contributed by atoms with Crippen molar-refractivity contribution in [1.29, 1.82) is 0 Å². The molecule has 2 aliphatic carbocycles. The van der Waals surface area contributed by atoms with Crippen molar-refractivity contribution in [3.63, 3.8) is 0 Å². The Morgan fingerprint density at radius 1 is 1.21 bits per heavy atom. The summed E-state index contributed by atoms with van der Waals surface area (Å²) in [5.41, 5.74) is -0.438. The van der Waals surface area contributed by atoms with Gasteiger partial charge in [0, 0.05) is 13.0 Å². The van der Waals surface area contributed by atoms with Crippen LogP contribution in [-0.2, 0) is 9.53 Å². The van der Waals surface area contributed by atoms with Gasteiger partial charge in [-0.05, 0) is 50.4 Å². The molecule has 2 heteroatoms. The molecule has 110 valence electrons. The van der Waals surface area contributed by atoms with E-state index in [2.05, 4.69) is 13.8 Å². The van der Waals surface area contributed by atoms with Gasteiger partial charge in [0.2, 0.25) is 0 Å². The van der Waals surface area contributed by atoms with E-state index in [4.69, 9.17) is 4.74 Å². The van der Waals surface area contributed by atoms with Gasteiger partial charge in [-0.15, -0.1) is 0 Å². The quantitative estimate of drug-likeness (QED) is 0.755. The zero-order chi connectivity index (χ0) is 13.9. The summed E-state index contributed by atoms with van der Waals surface area (Å²) in [4.78, 5) is 12.9. The van der Waals surface area contributed by atoms with E-state index in [-0.39, 0.29) is 5.92 Å². The first-order valence-electron chi connectivity index (χ1n) is 8.20. The first-order chi connectivity index (χ1) is 9.11. The lowest BCUT2D eigenvalue weighted by Gasteiger charge is -2.40. The molecule has 2 unspecified atom stereocenters. The highest BCUT2D eigenvalue weighted by molar-refractivity contribution is 5.89. The van der Waals surface area contributed by atoms with Gasteiger partial charge in [0.1, 0.15) is 5.60 Å². The van der Waals surface area contributed by atoms with Crippen LogP contribution in [0, 0.1) is 17.8 Å². The van der Waals surface area contributed by atoms with Crippen LogP contribution in [0.15, 0.2) is 0 Å². The minimum Gasteiger partial charge on any atom is -0.370 e. The fourth-order valence-corrected chi connectivity index (χ4v) is 4.05. The maximum Gasteiger partial charge on any atom is 0.167 e. The normalized spacial score (nSPS) is 40.1. The standard InChI is InChI=1S/C17H30O2/c1-4-14-6-5-7-15(12-14)16(18)17(19-3)10-8-13(2)9-11-17/h13-15H,4-12H2,1-3H3. The van der Waals surface area contributed by atoms with Gasteiger partial charge in [0.05, 0.1) is 0 Å². The number of carbonyl (C=O) groups excluding carboxylic acids is 1. The average Bonchev–Trinajstić information content (AvgIpc) is 2.48. The summed E-state index contributed by atoms with van der Waals surface area (Å²) in [6, 6.07) is 0. The fraction of sp³-hybridized carbons (Fsp3) is 0.941. The third kappa shape index (κ3) is 3.21. The second-order valence-corrected chi connectivity index (χ2v) is 6.88. The SMILES string of the molecule is CCC1CCCC(C(=O)C2(OC)CCC(C)CC2)C1. The number of hydrogen-bond acceptors (Lipinski definition) is 2. The van der Waals surface area contributed by atoms with Gasteiger partial charge in [-0.1, -0.05) is 33.1 Å². The maximum absolute atomic E-state index is 12.9. The Hall–Kier alpha value is -0.370. The number of ether oxygens (including phenoxy) is 1. The third-order valence-corrected chi connectivity index (χ3v) is 5.65. The van der Waals surface area contributed by atoms with E-state index < -0.39 is 5.60 Å². The monoisotopic (exact) mass is 266 g/mol. The molecule has 2 aliphatic rings. The van der Waals surface area contributed by atoms with E-state index in [1.165, 1.54) is 19.3 Å². The van der Waals surface area contributed by atoms with Crippen LogP contribution in [0.4, 0.5) is 0 Å². The molecule has 0 aromatic rings. The van der Waals surface area contributed by atoms with Crippen molar-refractivity contribution in [1.82, 2.24) is 0 Å². The summed E-state index contributed by atoms with van der Waals surface area (Å²) < 4.78 is 5.76. The molecule has 0 aromatic heterocycles. The van der Waals surface area contributed by atoms with Crippen molar-refractivity contribution < 1.29 is 9.53 Å². The van der Waals surface area contributed by atoms with Crippen molar-refractivity contribution in [3.8, 4) is 0 Å². The van der Waals surface area contributed by atoms with Gasteiger partial charge in [-0.2, -0.15) is 0 Å². The van der Waals surface area contributed by atoms with Gasteiger partial charge in [-0.3, -0.25) is 4.79 Å². The van der Waals surface area contributed by atoms with Crippen LogP contribution in [0.3, 0.4) is 0 Å². The molecule has 0 bridgehead atoms. The minimum absolute atomic E-state index is 0.270. The average molecular weight is 266 g/mol. The molecule has 0 heterocycles. The van der Waals surface area contributed by atoms with Gasteiger partial charge in [0.25, 0.3) is 0 Å². The zero-order valence-electron chi connectivity index (χ0n) is 12.9. The van der Waals surface area contributed by atoms with Crippen LogP contribution in [0.5, 0.6) is 0 Å². The number of carbonyl (C=O) groups is 1. The zero-order valence-corrected chi connectivity index (χ0v) is 12.9. The summed E-state index contributed by atoms with van der Waals surface area (Å²) in [5, 5.41) is 0. The van der Waals surface area contributed by atoms with Crippen LogP contribution in [0.25, 0.3) is 0 Å². The van der Waals surface area contributed by atoms with Gasteiger partial charge < -0.3 is 4.74 Å². The molecule has 0 aromatic carbocycles. The maximum atomic E-state index is 12.9. The molecular formula is C17H30O2. The summed E-state index contributed by atoms with van der Waals surface area (Å²) >= 11 is 0. The highest BCUT2D eigenvalue weighted by Crippen LogP contribution is 2.41. The lowest BCUT2D eigenvalue weighted by Crippen LogP contribution is -2.47. The predicted molar refractivity (Wildman–Crippen MR) is 78.1 cm³/mol. The molecule has 2 atom stereocenters. The number of ketones is 1. The molecule has 0 saturated heterocycles. The van der Waals surface area contributed by atoms with E-state index in [1.54, 1.807) is 7.11 Å². The van der Waals surface area contributed by atoms with Crippen LogP contribution in [0.2, 0.25) is 0 Å². The summed E-state index contributed by atoms with van der Waals surface area (Å²) in [6.45, 7) is 4.55. The second-order valence-electron chi connectivity index (χ2n) is 6.88. The van der Waals surface area contributed by atoms with E-state index >= 15 is 0 Å². The Kier molecular flexibility index (Phi) is 5.05. The summed E-state index contributed by atoms with van der Waals surface area (Å²) in [5.74, 6) is 2.22. The molecule has 2 nitrogen and oxygen atoms in total. The van der Waals surface area contributed by atoms with Crippen molar-refractivity contribution in [2.24, 2.45) is 17.8 Å². The molecule has 2 rings (SSSR count). The van der Waals surface area contributed by atoms with Crippen molar-refractivity contribution in [3.05, 3.63) is 0 Å². The molecular weight excluding hydrogens is 236 g/mol. The smallest absolute Gasteiger partial charge is 0.167 e. The molecule has 0 N–H and O–H groups in total. The van der Waals surface area contributed by atoms with Crippen molar-refractivity contribution >= 4 is 5.78 Å². The summed E-state index contributed by atoms with van der Waals surface area (Å²) in [6.07, 6.45) is 10.1. The Morgan fingerprint density at radius 3 is 2.47 bits per heavy atom. The Balaban J connectivity index is 2.03. The van der Waals surface area contributed by atoms with Crippen molar-refractivity contribution in [2.75, 3.05) is 7.11 Å². The number of hydrogen-bond donors (Lipinski definition) is 0. The van der Waals surface area contributed by atoms with E-state index in [1.807, 2.05) is 0 Å². The lowest BCUT2D eigenvalue weighted by atomic mass is 9.69. The number of methoxy groups -OCH3 is 1. The van der Waals surface area contributed by atoms with Crippen LogP contribution in [0.1, 0.15) is 71.6 Å².